The van der Waals surface area contributed by atoms with Crippen LogP contribution in [0.5, 0.6) is 0 Å². The maximum Gasteiger partial charge on any atom is 0.268 e. The van der Waals surface area contributed by atoms with Crippen LogP contribution in [0.1, 0.15) is 24.8 Å². The predicted molar refractivity (Wildman–Crippen MR) is 100 cm³/mol. The van der Waals surface area contributed by atoms with Crippen LogP contribution < -0.4 is 15.8 Å². The lowest BCUT2D eigenvalue weighted by Crippen LogP contribution is -2.38. The largest absolute Gasteiger partial charge is 0.370 e. The highest BCUT2D eigenvalue weighted by Crippen LogP contribution is 2.48. The SMILES string of the molecule is Cn1ncc(N2CC[C@H](CNC(=O)C3(c4ccccc4)CC3)C2)cc1=O. The molecule has 4 rings (SSSR count). The third kappa shape index (κ3) is 3.11. The first kappa shape index (κ1) is 16.8. The number of rotatable bonds is 5. The number of hydrogen-bond acceptors (Lipinski definition) is 4. The lowest BCUT2D eigenvalue weighted by atomic mass is 9.95. The van der Waals surface area contributed by atoms with Crippen LogP contribution in [-0.4, -0.2) is 35.3 Å². The molecule has 2 aliphatic rings. The molecule has 1 aliphatic heterocycles. The Balaban J connectivity index is 1.34. The maximum atomic E-state index is 12.7. The third-order valence-corrected chi connectivity index (χ3v) is 5.67. The van der Waals surface area contributed by atoms with Crippen molar-refractivity contribution >= 4 is 11.6 Å². The van der Waals surface area contributed by atoms with E-state index in [9.17, 15) is 9.59 Å². The van der Waals surface area contributed by atoms with Gasteiger partial charge in [-0.2, -0.15) is 5.10 Å². The normalized spacial score (nSPS) is 20.8. The number of nitrogens with one attached hydrogen (secondary N) is 1. The number of amides is 1. The Morgan fingerprint density at radius 2 is 2.08 bits per heavy atom. The Kier molecular flexibility index (Phi) is 4.26. The summed E-state index contributed by atoms with van der Waals surface area (Å²) in [4.78, 5) is 26.7. The molecular weight excluding hydrogens is 328 g/mol. The highest BCUT2D eigenvalue weighted by atomic mass is 16.2. The van der Waals surface area contributed by atoms with Gasteiger partial charge in [-0.15, -0.1) is 0 Å². The smallest absolute Gasteiger partial charge is 0.268 e. The quantitative estimate of drug-likeness (QED) is 0.885. The molecule has 0 spiro atoms. The second-order valence-corrected chi connectivity index (χ2v) is 7.43. The first-order valence-electron chi connectivity index (χ1n) is 9.21. The van der Waals surface area contributed by atoms with Crippen LogP contribution in [0.3, 0.4) is 0 Å². The minimum absolute atomic E-state index is 0.0993. The molecular formula is C20H24N4O2. The standard InChI is InChI=1S/C20H24N4O2/c1-23-18(25)11-17(13-22-23)24-10-7-15(14-24)12-21-19(26)20(8-9-20)16-5-3-2-4-6-16/h2-6,11,13,15H,7-10,12,14H2,1H3,(H,21,26)/t15-/m1/s1. The van der Waals surface area contributed by atoms with Crippen molar-refractivity contribution in [1.82, 2.24) is 15.1 Å². The van der Waals surface area contributed by atoms with Gasteiger partial charge in [0.1, 0.15) is 0 Å². The number of aromatic nitrogens is 2. The van der Waals surface area contributed by atoms with Gasteiger partial charge in [-0.05, 0) is 30.7 Å². The van der Waals surface area contributed by atoms with E-state index in [1.54, 1.807) is 19.3 Å². The molecule has 0 bridgehead atoms. The van der Waals surface area contributed by atoms with Gasteiger partial charge in [-0.3, -0.25) is 9.59 Å². The molecule has 2 heterocycles. The maximum absolute atomic E-state index is 12.7. The summed E-state index contributed by atoms with van der Waals surface area (Å²) >= 11 is 0. The molecule has 6 heteroatoms. The number of carbonyl (C=O) groups excluding carboxylic acids is 1. The van der Waals surface area contributed by atoms with Crippen molar-refractivity contribution in [2.24, 2.45) is 13.0 Å². The van der Waals surface area contributed by atoms with E-state index in [2.05, 4.69) is 15.3 Å². The Bertz CT molecular complexity index is 858. The van der Waals surface area contributed by atoms with Crippen molar-refractivity contribution in [2.75, 3.05) is 24.5 Å². The average molecular weight is 352 g/mol. The summed E-state index contributed by atoms with van der Waals surface area (Å²) in [6.45, 7) is 2.41. The number of nitrogens with zero attached hydrogens (tertiary/aromatic N) is 3. The summed E-state index contributed by atoms with van der Waals surface area (Å²) in [5.74, 6) is 0.548. The van der Waals surface area contributed by atoms with Crippen LogP contribution >= 0.6 is 0 Å². The monoisotopic (exact) mass is 352 g/mol. The fraction of sp³-hybridized carbons (Fsp3) is 0.450. The molecule has 1 aromatic carbocycles. The minimum Gasteiger partial charge on any atom is -0.370 e. The van der Waals surface area contributed by atoms with Crippen LogP contribution in [0.15, 0.2) is 47.4 Å². The summed E-state index contributed by atoms with van der Waals surface area (Å²) in [5, 5.41) is 7.26. The average Bonchev–Trinajstić information content (AvgIpc) is 3.35. The molecule has 136 valence electrons. The zero-order valence-corrected chi connectivity index (χ0v) is 15.0. The zero-order chi connectivity index (χ0) is 18.1. The number of anilines is 1. The molecule has 1 N–H and O–H groups in total. The van der Waals surface area contributed by atoms with Gasteiger partial charge in [0.25, 0.3) is 5.56 Å². The topological polar surface area (TPSA) is 67.2 Å². The zero-order valence-electron chi connectivity index (χ0n) is 15.0. The third-order valence-electron chi connectivity index (χ3n) is 5.67. The Labute approximate surface area is 152 Å². The summed E-state index contributed by atoms with van der Waals surface area (Å²) in [5.41, 5.74) is 1.58. The summed E-state index contributed by atoms with van der Waals surface area (Å²) in [7, 11) is 1.65. The van der Waals surface area contributed by atoms with Gasteiger partial charge in [0.15, 0.2) is 0 Å². The number of aryl methyl sites for hydroxylation is 1. The van der Waals surface area contributed by atoms with E-state index in [1.807, 2.05) is 30.3 Å². The molecule has 26 heavy (non-hydrogen) atoms. The Morgan fingerprint density at radius 3 is 2.77 bits per heavy atom. The first-order valence-corrected chi connectivity index (χ1v) is 9.21. The van der Waals surface area contributed by atoms with Gasteiger partial charge < -0.3 is 10.2 Å². The summed E-state index contributed by atoms with van der Waals surface area (Å²) in [6.07, 6.45) is 4.60. The molecule has 0 unspecified atom stereocenters. The van der Waals surface area contributed by atoms with Crippen LogP contribution in [-0.2, 0) is 17.3 Å². The van der Waals surface area contributed by atoms with Crippen molar-refractivity contribution in [3.63, 3.8) is 0 Å². The first-order chi connectivity index (χ1) is 12.6. The molecule has 1 saturated carbocycles. The lowest BCUT2D eigenvalue weighted by Gasteiger charge is -2.20. The Morgan fingerprint density at radius 1 is 1.31 bits per heavy atom. The van der Waals surface area contributed by atoms with E-state index < -0.39 is 0 Å². The summed E-state index contributed by atoms with van der Waals surface area (Å²) in [6, 6.07) is 11.7. The molecule has 1 saturated heterocycles. The molecule has 0 radical (unpaired) electrons. The van der Waals surface area contributed by atoms with E-state index >= 15 is 0 Å². The molecule has 1 aromatic heterocycles. The molecule has 2 fully saturated rings. The van der Waals surface area contributed by atoms with Crippen LogP contribution in [0.25, 0.3) is 0 Å². The molecule has 1 amide bonds. The number of hydrogen-bond donors (Lipinski definition) is 1. The fourth-order valence-corrected chi connectivity index (χ4v) is 3.80. The van der Waals surface area contributed by atoms with E-state index in [1.165, 1.54) is 4.68 Å². The fourth-order valence-electron chi connectivity index (χ4n) is 3.80. The molecule has 6 nitrogen and oxygen atoms in total. The second-order valence-electron chi connectivity index (χ2n) is 7.43. The lowest BCUT2D eigenvalue weighted by molar-refractivity contribution is -0.123. The molecule has 1 aliphatic carbocycles. The highest BCUT2D eigenvalue weighted by Gasteiger charge is 2.51. The van der Waals surface area contributed by atoms with Crippen LogP contribution in [0.2, 0.25) is 0 Å². The summed E-state index contributed by atoms with van der Waals surface area (Å²) < 4.78 is 1.33. The minimum atomic E-state index is -0.310. The van der Waals surface area contributed by atoms with Crippen molar-refractivity contribution in [3.8, 4) is 0 Å². The van der Waals surface area contributed by atoms with Crippen molar-refractivity contribution in [1.29, 1.82) is 0 Å². The van der Waals surface area contributed by atoms with E-state index in [0.29, 0.717) is 12.5 Å². The van der Waals surface area contributed by atoms with Crippen molar-refractivity contribution < 1.29 is 4.79 Å². The predicted octanol–water partition coefficient (Wildman–Crippen LogP) is 1.45. The van der Waals surface area contributed by atoms with Crippen LogP contribution in [0, 0.1) is 5.92 Å². The number of carbonyl (C=O) groups is 1. The Hall–Kier alpha value is -2.63. The molecule has 1 atom stereocenters. The molecule has 2 aromatic rings. The highest BCUT2D eigenvalue weighted by molar-refractivity contribution is 5.91. The van der Waals surface area contributed by atoms with Crippen molar-refractivity contribution in [3.05, 3.63) is 58.5 Å². The van der Waals surface area contributed by atoms with Gasteiger partial charge in [0.05, 0.1) is 17.3 Å². The van der Waals surface area contributed by atoms with Crippen molar-refractivity contribution in [2.45, 2.75) is 24.7 Å². The van der Waals surface area contributed by atoms with E-state index in [0.717, 1.165) is 43.6 Å². The second kappa shape index (κ2) is 6.59. The van der Waals surface area contributed by atoms with Gasteiger partial charge in [0, 0.05) is 32.7 Å². The van der Waals surface area contributed by atoms with E-state index in [-0.39, 0.29) is 16.9 Å². The van der Waals surface area contributed by atoms with E-state index in [4.69, 9.17) is 0 Å². The van der Waals surface area contributed by atoms with Gasteiger partial charge in [-0.1, -0.05) is 30.3 Å². The van der Waals surface area contributed by atoms with Crippen LogP contribution in [0.4, 0.5) is 5.69 Å². The number of benzene rings is 1. The van der Waals surface area contributed by atoms with Gasteiger partial charge >= 0.3 is 0 Å². The van der Waals surface area contributed by atoms with Gasteiger partial charge in [-0.25, -0.2) is 4.68 Å². The van der Waals surface area contributed by atoms with Gasteiger partial charge in [0.2, 0.25) is 5.91 Å².